The van der Waals surface area contributed by atoms with Gasteiger partial charge in [0.05, 0.1) is 5.01 Å². The fourth-order valence-electron chi connectivity index (χ4n) is 2.92. The SMILES string of the molecule is Cl.NCCc1nc(C(=O)N2CCC(C(=O)Nc3ccccc3)CC2)cs1. The van der Waals surface area contributed by atoms with Crippen molar-refractivity contribution in [1.29, 1.82) is 0 Å². The molecule has 0 spiro atoms. The van der Waals surface area contributed by atoms with Crippen LogP contribution in [0.25, 0.3) is 0 Å². The van der Waals surface area contributed by atoms with Crippen LogP contribution in [-0.4, -0.2) is 41.3 Å². The highest BCUT2D eigenvalue weighted by Gasteiger charge is 2.28. The molecule has 0 atom stereocenters. The van der Waals surface area contributed by atoms with Gasteiger partial charge >= 0.3 is 0 Å². The quantitative estimate of drug-likeness (QED) is 0.815. The Hall–Kier alpha value is -1.96. The first-order chi connectivity index (χ1) is 12.2. The van der Waals surface area contributed by atoms with Crippen LogP contribution in [0, 0.1) is 5.92 Å². The van der Waals surface area contributed by atoms with E-state index in [-0.39, 0.29) is 30.1 Å². The average molecular weight is 395 g/mol. The highest BCUT2D eigenvalue weighted by molar-refractivity contribution is 7.09. The first kappa shape index (κ1) is 20.4. The monoisotopic (exact) mass is 394 g/mol. The van der Waals surface area contributed by atoms with Gasteiger partial charge in [-0.2, -0.15) is 0 Å². The zero-order valence-corrected chi connectivity index (χ0v) is 16.0. The van der Waals surface area contributed by atoms with Crippen LogP contribution in [0.2, 0.25) is 0 Å². The van der Waals surface area contributed by atoms with E-state index in [9.17, 15) is 9.59 Å². The molecule has 1 aromatic carbocycles. The Balaban J connectivity index is 0.00000243. The van der Waals surface area contributed by atoms with Gasteiger partial charge in [-0.15, -0.1) is 23.7 Å². The van der Waals surface area contributed by atoms with Gasteiger partial charge in [0.1, 0.15) is 5.69 Å². The van der Waals surface area contributed by atoms with Crippen molar-refractivity contribution >= 4 is 41.2 Å². The summed E-state index contributed by atoms with van der Waals surface area (Å²) in [6, 6.07) is 9.44. The van der Waals surface area contributed by atoms with Crippen LogP contribution < -0.4 is 11.1 Å². The summed E-state index contributed by atoms with van der Waals surface area (Å²) >= 11 is 1.47. The minimum absolute atomic E-state index is 0. The number of thiazole rings is 1. The number of rotatable bonds is 5. The van der Waals surface area contributed by atoms with Crippen LogP contribution in [0.15, 0.2) is 35.7 Å². The number of hydrogen-bond donors (Lipinski definition) is 2. The van der Waals surface area contributed by atoms with Gasteiger partial charge in [0, 0.05) is 36.5 Å². The maximum atomic E-state index is 12.5. The zero-order valence-electron chi connectivity index (χ0n) is 14.4. The van der Waals surface area contributed by atoms with E-state index in [1.165, 1.54) is 11.3 Å². The molecular weight excluding hydrogens is 372 g/mol. The molecule has 0 unspecified atom stereocenters. The number of nitrogens with one attached hydrogen (secondary N) is 1. The maximum Gasteiger partial charge on any atom is 0.273 e. The lowest BCUT2D eigenvalue weighted by Crippen LogP contribution is -2.41. The molecule has 1 fully saturated rings. The van der Waals surface area contributed by atoms with Crippen LogP contribution in [0.4, 0.5) is 5.69 Å². The first-order valence-corrected chi connectivity index (χ1v) is 9.35. The summed E-state index contributed by atoms with van der Waals surface area (Å²) in [4.78, 5) is 31.0. The number of carbonyl (C=O) groups is 2. The molecule has 1 aliphatic rings. The number of carbonyl (C=O) groups excluding carboxylic acids is 2. The van der Waals surface area contributed by atoms with E-state index in [4.69, 9.17) is 5.73 Å². The lowest BCUT2D eigenvalue weighted by Gasteiger charge is -2.30. The van der Waals surface area contributed by atoms with Crippen molar-refractivity contribution in [2.24, 2.45) is 11.7 Å². The third kappa shape index (κ3) is 5.03. The lowest BCUT2D eigenvalue weighted by atomic mass is 9.95. The minimum Gasteiger partial charge on any atom is -0.337 e. The zero-order chi connectivity index (χ0) is 17.6. The molecule has 8 heteroatoms. The summed E-state index contributed by atoms with van der Waals surface area (Å²) in [6.45, 7) is 1.69. The van der Waals surface area contributed by atoms with Crippen LogP contribution in [0.1, 0.15) is 28.3 Å². The second-order valence-corrected chi connectivity index (χ2v) is 7.03. The van der Waals surface area contributed by atoms with E-state index in [0.717, 1.165) is 10.7 Å². The average Bonchev–Trinajstić information content (AvgIpc) is 3.11. The van der Waals surface area contributed by atoms with Gasteiger partial charge in [0.2, 0.25) is 5.91 Å². The van der Waals surface area contributed by atoms with Gasteiger partial charge in [-0.3, -0.25) is 9.59 Å². The Kier molecular flexibility index (Phi) is 7.56. The molecule has 1 aromatic heterocycles. The van der Waals surface area contributed by atoms with Crippen LogP contribution in [-0.2, 0) is 11.2 Å². The normalized spacial score (nSPS) is 14.6. The molecule has 0 saturated carbocycles. The Morgan fingerprint density at radius 2 is 1.92 bits per heavy atom. The summed E-state index contributed by atoms with van der Waals surface area (Å²) in [5.74, 6) is -0.0916. The second-order valence-electron chi connectivity index (χ2n) is 6.09. The Bertz CT molecular complexity index is 730. The number of nitrogens with zero attached hydrogens (tertiary/aromatic N) is 2. The van der Waals surface area contributed by atoms with E-state index in [2.05, 4.69) is 10.3 Å². The van der Waals surface area contributed by atoms with Crippen LogP contribution >= 0.6 is 23.7 Å². The third-order valence-electron chi connectivity index (χ3n) is 4.32. The number of anilines is 1. The Morgan fingerprint density at radius 1 is 1.23 bits per heavy atom. The van der Waals surface area contributed by atoms with E-state index in [0.29, 0.717) is 44.6 Å². The van der Waals surface area contributed by atoms with Crippen LogP contribution in [0.5, 0.6) is 0 Å². The molecular formula is C18H23ClN4O2S. The molecule has 140 valence electrons. The smallest absolute Gasteiger partial charge is 0.273 e. The maximum absolute atomic E-state index is 12.5. The summed E-state index contributed by atoms with van der Waals surface area (Å²) in [5.41, 5.74) is 6.81. The van der Waals surface area contributed by atoms with Gasteiger partial charge in [-0.05, 0) is 31.5 Å². The highest BCUT2D eigenvalue weighted by atomic mass is 35.5. The molecule has 2 heterocycles. The summed E-state index contributed by atoms with van der Waals surface area (Å²) in [5, 5.41) is 5.62. The molecule has 3 N–H and O–H groups in total. The fourth-order valence-corrected chi connectivity index (χ4v) is 3.71. The largest absolute Gasteiger partial charge is 0.337 e. The second kappa shape index (κ2) is 9.66. The van der Waals surface area contributed by atoms with Gasteiger partial charge in [0.25, 0.3) is 5.91 Å². The van der Waals surface area contributed by atoms with E-state index in [1.807, 2.05) is 30.3 Å². The Morgan fingerprint density at radius 3 is 2.58 bits per heavy atom. The molecule has 0 aliphatic carbocycles. The molecule has 3 rings (SSSR count). The number of likely N-dealkylation sites (tertiary alicyclic amines) is 1. The molecule has 0 radical (unpaired) electrons. The van der Waals surface area contributed by atoms with Gasteiger partial charge in [-0.1, -0.05) is 18.2 Å². The van der Waals surface area contributed by atoms with E-state index in [1.54, 1.807) is 10.3 Å². The minimum atomic E-state index is -0.0625. The van der Waals surface area contributed by atoms with Gasteiger partial charge in [-0.25, -0.2) is 4.98 Å². The van der Waals surface area contributed by atoms with Gasteiger partial charge in [0.15, 0.2) is 0 Å². The number of halogens is 1. The number of piperidine rings is 1. The number of benzene rings is 1. The highest BCUT2D eigenvalue weighted by Crippen LogP contribution is 2.21. The molecule has 6 nitrogen and oxygen atoms in total. The third-order valence-corrected chi connectivity index (χ3v) is 5.23. The Labute approximate surface area is 163 Å². The predicted molar refractivity (Wildman–Crippen MR) is 106 cm³/mol. The van der Waals surface area contributed by atoms with Gasteiger partial charge < -0.3 is 16.0 Å². The summed E-state index contributed by atoms with van der Waals surface area (Å²) in [7, 11) is 0. The molecule has 1 saturated heterocycles. The van der Waals surface area contributed by atoms with Crippen molar-refractivity contribution in [2.45, 2.75) is 19.3 Å². The van der Waals surface area contributed by atoms with Crippen molar-refractivity contribution in [3.63, 3.8) is 0 Å². The molecule has 2 aromatic rings. The first-order valence-electron chi connectivity index (χ1n) is 8.47. The fraction of sp³-hybridized carbons (Fsp3) is 0.389. The molecule has 2 amide bonds. The molecule has 26 heavy (non-hydrogen) atoms. The standard InChI is InChI=1S/C18H22N4O2S.ClH/c19-9-6-16-21-15(12-25-16)18(24)22-10-7-13(8-11-22)17(23)20-14-4-2-1-3-5-14;/h1-5,12-13H,6-11,19H2,(H,20,23);1H. The van der Waals surface area contributed by atoms with E-state index >= 15 is 0 Å². The number of hydrogen-bond acceptors (Lipinski definition) is 5. The van der Waals surface area contributed by atoms with Crippen LogP contribution in [0.3, 0.4) is 0 Å². The van der Waals surface area contributed by atoms with Crippen molar-refractivity contribution in [2.75, 3.05) is 25.0 Å². The molecule has 1 aliphatic heterocycles. The van der Waals surface area contributed by atoms with Crippen molar-refractivity contribution in [3.8, 4) is 0 Å². The number of aromatic nitrogens is 1. The number of amides is 2. The van der Waals surface area contributed by atoms with Crippen molar-refractivity contribution in [3.05, 3.63) is 46.4 Å². The molecule has 0 bridgehead atoms. The number of para-hydroxylation sites is 1. The van der Waals surface area contributed by atoms with Crippen molar-refractivity contribution in [1.82, 2.24) is 9.88 Å². The van der Waals surface area contributed by atoms with E-state index < -0.39 is 0 Å². The number of nitrogens with two attached hydrogens (primary N) is 1. The summed E-state index contributed by atoms with van der Waals surface area (Å²) in [6.07, 6.45) is 2.04. The lowest BCUT2D eigenvalue weighted by molar-refractivity contribution is -0.121. The van der Waals surface area contributed by atoms with Crippen molar-refractivity contribution < 1.29 is 9.59 Å². The predicted octanol–water partition coefficient (Wildman–Crippen LogP) is 2.56. The summed E-state index contributed by atoms with van der Waals surface area (Å²) < 4.78 is 0. The topological polar surface area (TPSA) is 88.3 Å².